The molecule has 0 spiro atoms. The van der Waals surface area contributed by atoms with Gasteiger partial charge in [-0.2, -0.15) is 0 Å². The van der Waals surface area contributed by atoms with Crippen molar-refractivity contribution in [1.82, 2.24) is 9.21 Å². The second-order valence-electron chi connectivity index (χ2n) is 7.30. The highest BCUT2D eigenvalue weighted by Crippen LogP contribution is 2.21. The Hall–Kier alpha value is -2.43. The summed E-state index contributed by atoms with van der Waals surface area (Å²) in [5, 5.41) is 0. The summed E-state index contributed by atoms with van der Waals surface area (Å²) in [7, 11) is -5.39. The van der Waals surface area contributed by atoms with E-state index >= 15 is 0 Å². The van der Waals surface area contributed by atoms with E-state index in [1.807, 2.05) is 0 Å². The number of anilines is 1. The molecule has 10 heteroatoms. The van der Waals surface area contributed by atoms with Crippen LogP contribution in [0.5, 0.6) is 0 Å². The molecule has 1 heterocycles. The van der Waals surface area contributed by atoms with Gasteiger partial charge in [0.1, 0.15) is 0 Å². The summed E-state index contributed by atoms with van der Waals surface area (Å²) in [6.45, 7) is 0.928. The first-order chi connectivity index (χ1) is 14.1. The van der Waals surface area contributed by atoms with Gasteiger partial charge in [0, 0.05) is 37.4 Å². The number of rotatable bonds is 6. The number of carbonyl (C=O) groups is 1. The Morgan fingerprint density at radius 3 is 2.07 bits per heavy atom. The number of piperidine rings is 1. The first-order valence-electron chi connectivity index (χ1n) is 9.48. The van der Waals surface area contributed by atoms with Crippen LogP contribution in [0.2, 0.25) is 0 Å². The molecule has 1 saturated heterocycles. The maximum atomic E-state index is 12.7. The summed E-state index contributed by atoms with van der Waals surface area (Å²) in [4.78, 5) is 14.6. The van der Waals surface area contributed by atoms with Gasteiger partial charge in [0.25, 0.3) is 15.9 Å². The molecular weight excluding hydrogens is 426 g/mol. The largest absolute Gasteiger partial charge is 0.339 e. The molecule has 0 atom stereocenters. The Morgan fingerprint density at radius 2 is 1.53 bits per heavy atom. The third-order valence-electron chi connectivity index (χ3n) is 5.23. The number of amides is 1. The number of nitrogens with zero attached hydrogens (tertiary/aromatic N) is 2. The molecular formula is C20H25N3O5S2. The zero-order valence-corrected chi connectivity index (χ0v) is 18.5. The molecule has 162 valence electrons. The molecule has 1 aliphatic rings. The second-order valence-corrected chi connectivity index (χ2v) is 11.0. The van der Waals surface area contributed by atoms with Gasteiger partial charge in [-0.1, -0.05) is 18.2 Å². The minimum Gasteiger partial charge on any atom is -0.339 e. The molecule has 0 radical (unpaired) electrons. The van der Waals surface area contributed by atoms with Crippen molar-refractivity contribution >= 4 is 31.6 Å². The van der Waals surface area contributed by atoms with E-state index in [-0.39, 0.29) is 16.8 Å². The minimum atomic E-state index is -3.69. The maximum Gasteiger partial charge on any atom is 0.261 e. The standard InChI is InChI=1S/C20H25N3O5S2/c1-22(29(2,25)26)18-12-14-23(15-13-18)20(24)16-8-10-17(11-9-16)21-30(27,28)19-6-4-3-5-7-19/h3-11,18,21H,12-15H2,1-2H3. The predicted octanol–water partition coefficient (Wildman–Crippen LogP) is 1.98. The van der Waals surface area contributed by atoms with Gasteiger partial charge in [0.15, 0.2) is 0 Å². The molecule has 1 fully saturated rings. The number of sulfonamides is 2. The minimum absolute atomic E-state index is 0.112. The molecule has 0 aliphatic carbocycles. The quantitative estimate of drug-likeness (QED) is 0.723. The van der Waals surface area contributed by atoms with E-state index in [4.69, 9.17) is 0 Å². The van der Waals surface area contributed by atoms with Crippen LogP contribution in [0.4, 0.5) is 5.69 Å². The van der Waals surface area contributed by atoms with Crippen LogP contribution in [-0.4, -0.2) is 64.4 Å². The van der Waals surface area contributed by atoms with Gasteiger partial charge in [-0.15, -0.1) is 0 Å². The first kappa shape index (κ1) is 22.3. The number of hydrogen-bond acceptors (Lipinski definition) is 5. The van der Waals surface area contributed by atoms with Gasteiger partial charge in [-0.3, -0.25) is 9.52 Å². The summed E-state index contributed by atoms with van der Waals surface area (Å²) >= 11 is 0. The van der Waals surface area contributed by atoms with Crippen LogP contribution in [0.15, 0.2) is 59.5 Å². The van der Waals surface area contributed by atoms with Gasteiger partial charge in [-0.25, -0.2) is 21.1 Å². The van der Waals surface area contributed by atoms with Crippen molar-refractivity contribution in [3.05, 3.63) is 60.2 Å². The molecule has 1 amide bonds. The highest BCUT2D eigenvalue weighted by molar-refractivity contribution is 7.92. The third kappa shape index (κ3) is 5.18. The fourth-order valence-electron chi connectivity index (χ4n) is 3.38. The van der Waals surface area contributed by atoms with E-state index in [0.29, 0.717) is 37.2 Å². The molecule has 0 aromatic heterocycles. The van der Waals surface area contributed by atoms with E-state index in [2.05, 4.69) is 4.72 Å². The molecule has 2 aromatic carbocycles. The molecule has 30 heavy (non-hydrogen) atoms. The van der Waals surface area contributed by atoms with Crippen molar-refractivity contribution in [3.63, 3.8) is 0 Å². The number of likely N-dealkylation sites (tertiary alicyclic amines) is 1. The lowest BCUT2D eigenvalue weighted by atomic mass is 10.0. The molecule has 0 unspecified atom stereocenters. The fraction of sp³-hybridized carbons (Fsp3) is 0.350. The second kappa shape index (κ2) is 8.75. The first-order valence-corrected chi connectivity index (χ1v) is 12.8. The predicted molar refractivity (Wildman–Crippen MR) is 115 cm³/mol. The Kier molecular flexibility index (Phi) is 6.49. The van der Waals surface area contributed by atoms with Crippen molar-refractivity contribution in [2.75, 3.05) is 31.1 Å². The van der Waals surface area contributed by atoms with Crippen molar-refractivity contribution in [2.45, 2.75) is 23.8 Å². The van der Waals surface area contributed by atoms with Gasteiger partial charge in [0.05, 0.1) is 11.2 Å². The van der Waals surface area contributed by atoms with Crippen LogP contribution in [0.3, 0.4) is 0 Å². The Morgan fingerprint density at radius 1 is 0.967 bits per heavy atom. The van der Waals surface area contributed by atoms with Crippen LogP contribution in [-0.2, 0) is 20.0 Å². The van der Waals surface area contributed by atoms with E-state index in [9.17, 15) is 21.6 Å². The summed E-state index contributed by atoms with van der Waals surface area (Å²) in [5.41, 5.74) is 0.816. The van der Waals surface area contributed by atoms with E-state index in [1.165, 1.54) is 22.7 Å². The lowest BCUT2D eigenvalue weighted by Gasteiger charge is -2.35. The van der Waals surface area contributed by atoms with Crippen molar-refractivity contribution < 1.29 is 21.6 Å². The van der Waals surface area contributed by atoms with Crippen molar-refractivity contribution in [2.24, 2.45) is 0 Å². The van der Waals surface area contributed by atoms with Crippen LogP contribution in [0.25, 0.3) is 0 Å². The van der Waals surface area contributed by atoms with E-state index in [1.54, 1.807) is 54.4 Å². The van der Waals surface area contributed by atoms with Gasteiger partial charge in [0.2, 0.25) is 10.0 Å². The zero-order chi connectivity index (χ0) is 21.9. The number of benzene rings is 2. The van der Waals surface area contributed by atoms with E-state index in [0.717, 1.165) is 0 Å². The van der Waals surface area contributed by atoms with Crippen LogP contribution >= 0.6 is 0 Å². The Labute approximate surface area is 177 Å². The average Bonchev–Trinajstić information content (AvgIpc) is 2.73. The Bertz CT molecular complexity index is 1090. The molecule has 8 nitrogen and oxygen atoms in total. The molecule has 0 bridgehead atoms. The van der Waals surface area contributed by atoms with Crippen LogP contribution in [0, 0.1) is 0 Å². The molecule has 1 N–H and O–H groups in total. The number of carbonyl (C=O) groups excluding carboxylic acids is 1. The topological polar surface area (TPSA) is 104 Å². The van der Waals surface area contributed by atoms with Crippen molar-refractivity contribution in [3.8, 4) is 0 Å². The Balaban J connectivity index is 1.62. The lowest BCUT2D eigenvalue weighted by molar-refractivity contribution is 0.0686. The smallest absolute Gasteiger partial charge is 0.261 e. The summed E-state index contributed by atoms with van der Waals surface area (Å²) in [5.74, 6) is -0.159. The van der Waals surface area contributed by atoms with Crippen LogP contribution in [0.1, 0.15) is 23.2 Å². The fourth-order valence-corrected chi connectivity index (χ4v) is 5.21. The van der Waals surface area contributed by atoms with Crippen LogP contribution < -0.4 is 4.72 Å². The third-order valence-corrected chi connectivity index (χ3v) is 7.97. The highest BCUT2D eigenvalue weighted by atomic mass is 32.2. The SMILES string of the molecule is CN(C1CCN(C(=O)c2ccc(NS(=O)(=O)c3ccccc3)cc2)CC1)S(C)(=O)=O. The summed E-state index contributed by atoms with van der Waals surface area (Å²) < 4.78 is 52.0. The zero-order valence-electron chi connectivity index (χ0n) is 16.9. The highest BCUT2D eigenvalue weighted by Gasteiger charge is 2.29. The van der Waals surface area contributed by atoms with Gasteiger partial charge < -0.3 is 4.90 Å². The monoisotopic (exact) mass is 451 g/mol. The lowest BCUT2D eigenvalue weighted by Crippen LogP contribution is -2.47. The number of hydrogen-bond donors (Lipinski definition) is 1. The maximum absolute atomic E-state index is 12.7. The van der Waals surface area contributed by atoms with Gasteiger partial charge in [-0.05, 0) is 49.2 Å². The molecule has 0 saturated carbocycles. The summed E-state index contributed by atoms with van der Waals surface area (Å²) in [6.07, 6.45) is 2.33. The normalized spacial score (nSPS) is 15.9. The van der Waals surface area contributed by atoms with E-state index < -0.39 is 20.0 Å². The number of nitrogens with one attached hydrogen (secondary N) is 1. The average molecular weight is 452 g/mol. The van der Waals surface area contributed by atoms with Crippen molar-refractivity contribution in [1.29, 1.82) is 0 Å². The van der Waals surface area contributed by atoms with Gasteiger partial charge >= 0.3 is 0 Å². The molecule has 2 aromatic rings. The molecule has 3 rings (SSSR count). The summed E-state index contributed by atoms with van der Waals surface area (Å²) in [6, 6.07) is 14.2. The molecule has 1 aliphatic heterocycles.